The molecule has 1 aromatic rings. The zero-order valence-electron chi connectivity index (χ0n) is 9.01. The lowest BCUT2D eigenvalue weighted by Crippen LogP contribution is -2.19. The molecule has 0 fully saturated rings. The van der Waals surface area contributed by atoms with Gasteiger partial charge < -0.3 is 14.6 Å². The number of ether oxygens (including phenoxy) is 2. The third kappa shape index (κ3) is 2.72. The summed E-state index contributed by atoms with van der Waals surface area (Å²) in [6, 6.07) is 0. The van der Waals surface area contributed by atoms with Gasteiger partial charge >= 0.3 is 5.97 Å². The number of aliphatic hydroxyl groups is 1. The first kappa shape index (κ1) is 13.0. The van der Waals surface area contributed by atoms with E-state index in [1.807, 2.05) is 0 Å². The van der Waals surface area contributed by atoms with E-state index in [2.05, 4.69) is 9.84 Å². The van der Waals surface area contributed by atoms with Gasteiger partial charge in [-0.1, -0.05) is 11.6 Å². The molecule has 6 nitrogen and oxygen atoms in total. The Kier molecular flexibility index (Phi) is 4.72. The molecule has 0 spiro atoms. The summed E-state index contributed by atoms with van der Waals surface area (Å²) in [5.74, 6) is -0.777. The number of rotatable bonds is 5. The van der Waals surface area contributed by atoms with Gasteiger partial charge in [-0.05, 0) is 0 Å². The summed E-state index contributed by atoms with van der Waals surface area (Å²) in [6.07, 6.45) is -0.0736. The summed E-state index contributed by atoms with van der Waals surface area (Å²) >= 11 is 5.83. The van der Waals surface area contributed by atoms with Crippen LogP contribution in [-0.4, -0.2) is 41.7 Å². The number of carbonyl (C=O) groups excluding carboxylic acids is 1. The van der Waals surface area contributed by atoms with E-state index >= 15 is 0 Å². The Morgan fingerprint density at radius 3 is 2.94 bits per heavy atom. The maximum atomic E-state index is 11.2. The average Bonchev–Trinajstić information content (AvgIpc) is 2.65. The van der Waals surface area contributed by atoms with Crippen molar-refractivity contribution in [3.05, 3.63) is 16.9 Å². The standard InChI is InChI=1S/C9H13ClN2O4/c1-15-4-3-12-7(6(10)5-11-12)8(13)9(14)16-2/h5,8,13H,3-4H2,1-2H3. The lowest BCUT2D eigenvalue weighted by Gasteiger charge is -2.11. The first-order valence-corrected chi connectivity index (χ1v) is 4.95. The van der Waals surface area contributed by atoms with Crippen molar-refractivity contribution in [3.8, 4) is 0 Å². The van der Waals surface area contributed by atoms with Gasteiger partial charge in [0.2, 0.25) is 0 Å². The predicted molar refractivity (Wildman–Crippen MR) is 56.1 cm³/mol. The summed E-state index contributed by atoms with van der Waals surface area (Å²) < 4.78 is 10.7. The molecule has 1 unspecified atom stereocenters. The van der Waals surface area contributed by atoms with Gasteiger partial charge in [-0.2, -0.15) is 5.10 Å². The van der Waals surface area contributed by atoms with E-state index in [-0.39, 0.29) is 10.7 Å². The molecule has 0 aliphatic carbocycles. The normalized spacial score (nSPS) is 12.5. The van der Waals surface area contributed by atoms with Gasteiger partial charge in [-0.15, -0.1) is 0 Å². The summed E-state index contributed by atoms with van der Waals surface area (Å²) in [6.45, 7) is 0.797. The van der Waals surface area contributed by atoms with Gasteiger partial charge in [-0.3, -0.25) is 4.68 Å². The van der Waals surface area contributed by atoms with Crippen molar-refractivity contribution in [3.63, 3.8) is 0 Å². The Hall–Kier alpha value is -1.11. The van der Waals surface area contributed by atoms with Gasteiger partial charge in [-0.25, -0.2) is 4.79 Å². The number of hydrogen-bond acceptors (Lipinski definition) is 5. The number of hydrogen-bond donors (Lipinski definition) is 1. The fourth-order valence-corrected chi connectivity index (χ4v) is 1.47. The fraction of sp³-hybridized carbons (Fsp3) is 0.556. The van der Waals surface area contributed by atoms with E-state index in [9.17, 15) is 9.90 Å². The van der Waals surface area contributed by atoms with Crippen molar-refractivity contribution in [2.45, 2.75) is 12.6 Å². The molecule has 90 valence electrons. The van der Waals surface area contributed by atoms with Crippen molar-refractivity contribution >= 4 is 17.6 Å². The van der Waals surface area contributed by atoms with Gasteiger partial charge in [0.05, 0.1) is 37.2 Å². The molecule has 1 rings (SSSR count). The van der Waals surface area contributed by atoms with Gasteiger partial charge in [0.25, 0.3) is 0 Å². The molecule has 0 aliphatic heterocycles. The number of esters is 1. The highest BCUT2D eigenvalue weighted by Gasteiger charge is 2.25. The average molecular weight is 249 g/mol. The van der Waals surface area contributed by atoms with Crippen LogP contribution in [0.2, 0.25) is 5.02 Å². The highest BCUT2D eigenvalue weighted by molar-refractivity contribution is 6.31. The van der Waals surface area contributed by atoms with Crippen LogP contribution in [0.15, 0.2) is 6.20 Å². The van der Waals surface area contributed by atoms with E-state index in [0.29, 0.717) is 13.2 Å². The number of nitrogens with zero attached hydrogens (tertiary/aromatic N) is 2. The molecule has 0 radical (unpaired) electrons. The second-order valence-electron chi connectivity index (χ2n) is 3.02. The SMILES string of the molecule is COCCn1ncc(Cl)c1C(O)C(=O)OC. The largest absolute Gasteiger partial charge is 0.467 e. The minimum Gasteiger partial charge on any atom is -0.467 e. The van der Waals surface area contributed by atoms with Gasteiger partial charge in [0.15, 0.2) is 6.10 Å². The maximum absolute atomic E-state index is 11.2. The molecule has 0 saturated carbocycles. The summed E-state index contributed by atoms with van der Waals surface area (Å²) in [4.78, 5) is 11.2. The molecule has 0 aliphatic rings. The Labute approximate surface area is 97.7 Å². The lowest BCUT2D eigenvalue weighted by molar-refractivity contribution is -0.151. The van der Waals surface area contributed by atoms with Crippen molar-refractivity contribution in [2.24, 2.45) is 0 Å². The fourth-order valence-electron chi connectivity index (χ4n) is 1.22. The maximum Gasteiger partial charge on any atom is 0.341 e. The molecule has 1 atom stereocenters. The summed E-state index contributed by atoms with van der Waals surface area (Å²) in [7, 11) is 2.73. The molecule has 1 heterocycles. The zero-order chi connectivity index (χ0) is 12.1. The van der Waals surface area contributed by atoms with E-state index in [1.54, 1.807) is 7.11 Å². The van der Waals surface area contributed by atoms with Crippen LogP contribution in [0.3, 0.4) is 0 Å². The molecule has 0 saturated heterocycles. The molecule has 0 amide bonds. The lowest BCUT2D eigenvalue weighted by atomic mass is 10.2. The van der Waals surface area contributed by atoms with E-state index < -0.39 is 12.1 Å². The molecular weight excluding hydrogens is 236 g/mol. The Morgan fingerprint density at radius 1 is 1.69 bits per heavy atom. The highest BCUT2D eigenvalue weighted by Crippen LogP contribution is 2.23. The third-order valence-electron chi connectivity index (χ3n) is 2.02. The monoisotopic (exact) mass is 248 g/mol. The van der Waals surface area contributed by atoms with Crippen molar-refractivity contribution in [1.82, 2.24) is 9.78 Å². The van der Waals surface area contributed by atoms with Crippen LogP contribution in [0.25, 0.3) is 0 Å². The number of aliphatic hydroxyl groups excluding tert-OH is 1. The van der Waals surface area contributed by atoms with Crippen molar-refractivity contribution in [1.29, 1.82) is 0 Å². The van der Waals surface area contributed by atoms with Gasteiger partial charge in [0.1, 0.15) is 0 Å². The van der Waals surface area contributed by atoms with Crippen molar-refractivity contribution in [2.75, 3.05) is 20.8 Å². The first-order chi connectivity index (χ1) is 7.61. The second-order valence-corrected chi connectivity index (χ2v) is 3.43. The van der Waals surface area contributed by atoms with Crippen LogP contribution in [0.1, 0.15) is 11.8 Å². The van der Waals surface area contributed by atoms with Crippen LogP contribution in [0, 0.1) is 0 Å². The minimum atomic E-state index is -1.43. The molecule has 1 N–H and O–H groups in total. The molecular formula is C9H13ClN2O4. The van der Waals surface area contributed by atoms with E-state index in [0.717, 1.165) is 0 Å². The molecule has 16 heavy (non-hydrogen) atoms. The van der Waals surface area contributed by atoms with E-state index in [4.69, 9.17) is 16.3 Å². The van der Waals surface area contributed by atoms with Crippen LogP contribution < -0.4 is 0 Å². The minimum absolute atomic E-state index is 0.213. The quantitative estimate of drug-likeness (QED) is 0.763. The number of carbonyl (C=O) groups is 1. The number of methoxy groups -OCH3 is 2. The smallest absolute Gasteiger partial charge is 0.341 e. The summed E-state index contributed by atoms with van der Waals surface area (Å²) in [5.41, 5.74) is 0.213. The Balaban J connectivity index is 2.92. The summed E-state index contributed by atoms with van der Waals surface area (Å²) in [5, 5.41) is 13.8. The van der Waals surface area contributed by atoms with Crippen LogP contribution in [0.5, 0.6) is 0 Å². The zero-order valence-corrected chi connectivity index (χ0v) is 9.77. The van der Waals surface area contributed by atoms with Crippen LogP contribution in [-0.2, 0) is 20.8 Å². The first-order valence-electron chi connectivity index (χ1n) is 4.57. The number of aromatic nitrogens is 2. The Morgan fingerprint density at radius 2 is 2.38 bits per heavy atom. The molecule has 1 aromatic heterocycles. The predicted octanol–water partition coefficient (Wildman–Crippen LogP) is 0.389. The van der Waals surface area contributed by atoms with Crippen LogP contribution >= 0.6 is 11.6 Å². The number of halogens is 1. The molecule has 0 aromatic carbocycles. The topological polar surface area (TPSA) is 73.6 Å². The molecule has 7 heteroatoms. The second kappa shape index (κ2) is 5.83. The van der Waals surface area contributed by atoms with E-state index in [1.165, 1.54) is 18.0 Å². The van der Waals surface area contributed by atoms with Crippen LogP contribution in [0.4, 0.5) is 0 Å². The third-order valence-corrected chi connectivity index (χ3v) is 2.32. The van der Waals surface area contributed by atoms with Crippen molar-refractivity contribution < 1.29 is 19.4 Å². The highest BCUT2D eigenvalue weighted by atomic mass is 35.5. The Bertz CT molecular complexity index is 366. The van der Waals surface area contributed by atoms with Gasteiger partial charge in [0, 0.05) is 7.11 Å². The molecule has 0 bridgehead atoms.